The number of carbonyl (C=O) groups is 1. The number of benzene rings is 1. The van der Waals surface area contributed by atoms with Gasteiger partial charge in [-0.3, -0.25) is 4.79 Å². The minimum absolute atomic E-state index is 0.00747. The first kappa shape index (κ1) is 18.4. The van der Waals surface area contributed by atoms with E-state index < -0.39 is 0 Å². The average molecular weight is 372 g/mol. The molecular weight excluding hydrogens is 351 g/mol. The van der Waals surface area contributed by atoms with Crippen LogP contribution in [0.3, 0.4) is 0 Å². The number of hydrogen-bond acceptors (Lipinski definition) is 4. The Bertz CT molecular complexity index is 828. The zero-order chi connectivity index (χ0) is 18.4. The van der Waals surface area contributed by atoms with Crippen molar-refractivity contribution in [2.75, 3.05) is 6.54 Å². The maximum atomic E-state index is 13.1. The number of nitrogens with one attached hydrogen (secondary N) is 1. The highest BCUT2D eigenvalue weighted by Crippen LogP contribution is 2.19. The van der Waals surface area contributed by atoms with E-state index in [0.29, 0.717) is 19.6 Å². The molecular formula is C20H21FN2O2S. The monoisotopic (exact) mass is 372 g/mol. The van der Waals surface area contributed by atoms with Gasteiger partial charge in [-0.25, -0.2) is 4.39 Å². The van der Waals surface area contributed by atoms with E-state index in [1.54, 1.807) is 34.6 Å². The molecule has 0 fully saturated rings. The third-order valence-electron chi connectivity index (χ3n) is 3.94. The Hall–Kier alpha value is -2.44. The van der Waals surface area contributed by atoms with E-state index in [4.69, 9.17) is 4.42 Å². The lowest BCUT2D eigenvalue weighted by atomic mass is 10.2. The molecule has 0 bridgehead atoms. The first-order valence-electron chi connectivity index (χ1n) is 8.41. The summed E-state index contributed by atoms with van der Waals surface area (Å²) in [5, 5.41) is 3.11. The molecule has 0 saturated carbocycles. The molecule has 0 atom stereocenters. The van der Waals surface area contributed by atoms with Gasteiger partial charge in [-0.05, 0) is 48.9 Å². The van der Waals surface area contributed by atoms with E-state index in [0.717, 1.165) is 16.2 Å². The van der Waals surface area contributed by atoms with Gasteiger partial charge in [0.2, 0.25) is 5.91 Å². The summed E-state index contributed by atoms with van der Waals surface area (Å²) < 4.78 is 18.4. The smallest absolute Gasteiger partial charge is 0.237 e. The Morgan fingerprint density at radius 2 is 1.96 bits per heavy atom. The van der Waals surface area contributed by atoms with Gasteiger partial charge in [0.25, 0.3) is 0 Å². The van der Waals surface area contributed by atoms with Gasteiger partial charge in [-0.2, -0.15) is 0 Å². The minimum Gasteiger partial charge on any atom is -0.468 e. The molecule has 3 aromatic rings. The van der Waals surface area contributed by atoms with Crippen LogP contribution in [0.5, 0.6) is 0 Å². The molecule has 1 N–H and O–H groups in total. The Morgan fingerprint density at radius 3 is 2.62 bits per heavy atom. The Kier molecular flexibility index (Phi) is 6.20. The lowest BCUT2D eigenvalue weighted by Crippen LogP contribution is -2.37. The Morgan fingerprint density at radius 1 is 1.15 bits per heavy atom. The minimum atomic E-state index is -0.277. The number of carbonyl (C=O) groups excluding carboxylic acids is 1. The Labute approximate surface area is 156 Å². The van der Waals surface area contributed by atoms with Gasteiger partial charge in [-0.15, -0.1) is 11.3 Å². The van der Waals surface area contributed by atoms with Crippen molar-refractivity contribution in [2.45, 2.75) is 26.6 Å². The fraction of sp³-hybridized carbons (Fsp3) is 0.250. The number of halogens is 1. The van der Waals surface area contributed by atoms with Crippen LogP contribution in [0.4, 0.5) is 4.39 Å². The van der Waals surface area contributed by atoms with Crippen molar-refractivity contribution in [3.8, 4) is 0 Å². The van der Waals surface area contributed by atoms with Crippen molar-refractivity contribution in [2.24, 2.45) is 0 Å². The molecule has 2 heterocycles. The highest BCUT2D eigenvalue weighted by atomic mass is 32.1. The zero-order valence-corrected chi connectivity index (χ0v) is 15.4. The summed E-state index contributed by atoms with van der Waals surface area (Å²) in [4.78, 5) is 16.8. The number of rotatable bonds is 8. The first-order valence-corrected chi connectivity index (χ1v) is 9.22. The van der Waals surface area contributed by atoms with Crippen LogP contribution in [0.15, 0.2) is 59.2 Å². The number of furan rings is 1. The number of aryl methyl sites for hydroxylation is 1. The second kappa shape index (κ2) is 8.78. The van der Waals surface area contributed by atoms with Crippen LogP contribution in [0.2, 0.25) is 0 Å². The van der Waals surface area contributed by atoms with Crippen LogP contribution >= 0.6 is 11.3 Å². The van der Waals surface area contributed by atoms with E-state index >= 15 is 0 Å². The van der Waals surface area contributed by atoms with Crippen LogP contribution < -0.4 is 5.32 Å². The SMILES string of the molecule is Cc1ccc(CN(Cc2ccc(F)cc2)C(=O)CNCc2ccco2)s1. The molecule has 6 heteroatoms. The van der Waals surface area contributed by atoms with Crippen molar-refractivity contribution < 1.29 is 13.6 Å². The second-order valence-electron chi connectivity index (χ2n) is 6.07. The third kappa shape index (κ3) is 5.28. The van der Waals surface area contributed by atoms with Gasteiger partial charge in [0.1, 0.15) is 11.6 Å². The molecule has 2 aromatic heterocycles. The summed E-state index contributed by atoms with van der Waals surface area (Å²) in [7, 11) is 0. The molecule has 0 aliphatic heterocycles. The zero-order valence-electron chi connectivity index (χ0n) is 14.6. The van der Waals surface area contributed by atoms with E-state index in [-0.39, 0.29) is 18.3 Å². The molecule has 136 valence electrons. The molecule has 0 radical (unpaired) electrons. The molecule has 1 aromatic carbocycles. The summed E-state index contributed by atoms with van der Waals surface area (Å²) in [6.07, 6.45) is 1.61. The number of nitrogens with zero attached hydrogens (tertiary/aromatic N) is 1. The quantitative estimate of drug-likeness (QED) is 0.647. The summed E-state index contributed by atoms with van der Waals surface area (Å²) in [5.74, 6) is 0.504. The highest BCUT2D eigenvalue weighted by molar-refractivity contribution is 7.11. The molecule has 0 aliphatic rings. The molecule has 0 unspecified atom stereocenters. The average Bonchev–Trinajstić information content (AvgIpc) is 3.28. The van der Waals surface area contributed by atoms with E-state index in [1.807, 2.05) is 25.1 Å². The second-order valence-corrected chi connectivity index (χ2v) is 7.44. The third-order valence-corrected chi connectivity index (χ3v) is 4.92. The standard InChI is InChI=1S/C20H21FN2O2S/c1-15-4-9-19(26-15)14-23(13-16-5-7-17(21)8-6-16)20(24)12-22-11-18-3-2-10-25-18/h2-10,22H,11-14H2,1H3. The van der Waals surface area contributed by atoms with Crippen molar-refractivity contribution in [3.05, 3.63) is 81.7 Å². The van der Waals surface area contributed by atoms with Gasteiger partial charge in [-0.1, -0.05) is 12.1 Å². The predicted octanol–water partition coefficient (Wildman–Crippen LogP) is 4.11. The predicted molar refractivity (Wildman–Crippen MR) is 100 cm³/mol. The van der Waals surface area contributed by atoms with Crippen LogP contribution in [-0.2, 0) is 24.4 Å². The normalized spacial score (nSPS) is 10.8. The van der Waals surface area contributed by atoms with Gasteiger partial charge < -0.3 is 14.6 Å². The first-order chi connectivity index (χ1) is 12.6. The summed E-state index contributed by atoms with van der Waals surface area (Å²) >= 11 is 1.68. The lowest BCUT2D eigenvalue weighted by Gasteiger charge is -2.22. The molecule has 0 aliphatic carbocycles. The van der Waals surface area contributed by atoms with Crippen LogP contribution in [0, 0.1) is 12.7 Å². The van der Waals surface area contributed by atoms with Crippen molar-refractivity contribution >= 4 is 17.2 Å². The van der Waals surface area contributed by atoms with E-state index in [9.17, 15) is 9.18 Å². The number of amides is 1. The largest absolute Gasteiger partial charge is 0.468 e. The molecule has 1 amide bonds. The van der Waals surface area contributed by atoms with E-state index in [2.05, 4.69) is 11.4 Å². The van der Waals surface area contributed by atoms with E-state index in [1.165, 1.54) is 17.0 Å². The molecule has 4 nitrogen and oxygen atoms in total. The van der Waals surface area contributed by atoms with Crippen molar-refractivity contribution in [1.82, 2.24) is 10.2 Å². The fourth-order valence-electron chi connectivity index (χ4n) is 2.62. The topological polar surface area (TPSA) is 45.5 Å². The molecule has 0 spiro atoms. The van der Waals surface area contributed by atoms with Gasteiger partial charge >= 0.3 is 0 Å². The number of thiophene rings is 1. The molecule has 3 rings (SSSR count). The summed E-state index contributed by atoms with van der Waals surface area (Å²) in [6, 6.07) is 14.0. The fourth-order valence-corrected chi connectivity index (χ4v) is 3.52. The maximum absolute atomic E-state index is 13.1. The molecule has 0 saturated heterocycles. The summed E-state index contributed by atoms with van der Waals surface area (Å²) in [6.45, 7) is 3.74. The van der Waals surface area contributed by atoms with Crippen molar-refractivity contribution in [1.29, 1.82) is 0 Å². The van der Waals surface area contributed by atoms with Gasteiger partial charge in [0.05, 0.1) is 25.9 Å². The van der Waals surface area contributed by atoms with Crippen LogP contribution in [-0.4, -0.2) is 17.4 Å². The lowest BCUT2D eigenvalue weighted by molar-refractivity contribution is -0.131. The van der Waals surface area contributed by atoms with Gasteiger partial charge in [0.15, 0.2) is 0 Å². The Balaban J connectivity index is 1.64. The summed E-state index contributed by atoms with van der Waals surface area (Å²) in [5.41, 5.74) is 0.902. The number of hydrogen-bond donors (Lipinski definition) is 1. The molecule has 26 heavy (non-hydrogen) atoms. The highest BCUT2D eigenvalue weighted by Gasteiger charge is 2.15. The van der Waals surface area contributed by atoms with Crippen LogP contribution in [0.1, 0.15) is 21.1 Å². The van der Waals surface area contributed by atoms with Crippen molar-refractivity contribution in [3.63, 3.8) is 0 Å². The van der Waals surface area contributed by atoms with Gasteiger partial charge in [0, 0.05) is 16.3 Å². The maximum Gasteiger partial charge on any atom is 0.237 e. The van der Waals surface area contributed by atoms with Crippen LogP contribution in [0.25, 0.3) is 0 Å².